The molecule has 0 atom stereocenters. The molecule has 44 heavy (non-hydrogen) atoms. The summed E-state index contributed by atoms with van der Waals surface area (Å²) in [6.45, 7) is 5.34. The molecule has 0 spiro atoms. The zero-order valence-electron chi connectivity index (χ0n) is 24.4. The third-order valence-electron chi connectivity index (χ3n) is 6.29. The van der Waals surface area contributed by atoms with E-state index in [-0.39, 0.29) is 18.0 Å². The summed E-state index contributed by atoms with van der Waals surface area (Å²) in [5.74, 6) is 0.560. The van der Waals surface area contributed by atoms with Gasteiger partial charge in [0.15, 0.2) is 6.61 Å². The van der Waals surface area contributed by atoms with E-state index in [0.717, 1.165) is 23.7 Å². The van der Waals surface area contributed by atoms with Crippen LogP contribution in [0.2, 0.25) is 0 Å². The van der Waals surface area contributed by atoms with Gasteiger partial charge in [-0.1, -0.05) is 45.1 Å². The standard InChI is InChI=1S/C16H14F3N3O2.C8H8F3NO.C7H14/c1-21-14-8-12(5-6-13(14)20)24-9-15(23)22-11-4-2-3-10(7-11)16(17,18)19;1-12-6-2-4-7(5-3-6)13-8(9,10)11;1-7-5-3-2-4-6-7/h2-8H,1,9,20H2,(H,22,23);2-5,12H,1H3;7H,2-6H2,1H3. The number of benzene rings is 3. The molecule has 1 amide bonds. The number of nitrogens with zero attached hydrogens (tertiary/aromatic N) is 1. The summed E-state index contributed by atoms with van der Waals surface area (Å²) in [6.07, 6.45) is -1.66. The zero-order chi connectivity index (χ0) is 32.8. The minimum Gasteiger partial charge on any atom is -0.484 e. The predicted octanol–water partition coefficient (Wildman–Crippen LogP) is 8.85. The molecule has 0 unspecified atom stereocenters. The number of aliphatic imine (C=N–C) groups is 1. The maximum atomic E-state index is 12.6. The number of nitrogen functional groups attached to an aromatic ring is 1. The van der Waals surface area contributed by atoms with Crippen molar-refractivity contribution in [3.63, 3.8) is 0 Å². The van der Waals surface area contributed by atoms with Crippen molar-refractivity contribution in [1.82, 2.24) is 0 Å². The van der Waals surface area contributed by atoms with E-state index < -0.39 is 24.0 Å². The Morgan fingerprint density at radius 1 is 0.932 bits per heavy atom. The van der Waals surface area contributed by atoms with Gasteiger partial charge in [-0.25, -0.2) is 0 Å². The Bertz CT molecular complexity index is 1330. The highest BCUT2D eigenvalue weighted by Gasteiger charge is 2.31. The first-order valence-corrected chi connectivity index (χ1v) is 13.7. The predicted molar refractivity (Wildman–Crippen MR) is 161 cm³/mol. The fourth-order valence-electron chi connectivity index (χ4n) is 4.00. The van der Waals surface area contributed by atoms with Crippen LogP contribution in [0.4, 0.5) is 49.1 Å². The molecular weight excluding hydrogens is 590 g/mol. The maximum Gasteiger partial charge on any atom is 0.573 e. The summed E-state index contributed by atoms with van der Waals surface area (Å²) in [6, 6.07) is 14.4. The molecule has 240 valence electrons. The molecule has 4 rings (SSSR count). The number of ether oxygens (including phenoxy) is 2. The van der Waals surface area contributed by atoms with Gasteiger partial charge in [0.25, 0.3) is 5.91 Å². The maximum absolute atomic E-state index is 12.6. The van der Waals surface area contributed by atoms with Crippen LogP contribution >= 0.6 is 0 Å². The number of alkyl halides is 6. The number of anilines is 3. The molecule has 0 aromatic heterocycles. The average Bonchev–Trinajstić information content (AvgIpc) is 2.97. The molecule has 13 heteroatoms. The van der Waals surface area contributed by atoms with Crippen molar-refractivity contribution < 1.29 is 40.6 Å². The van der Waals surface area contributed by atoms with Crippen molar-refractivity contribution in [2.24, 2.45) is 10.9 Å². The summed E-state index contributed by atoms with van der Waals surface area (Å²) in [4.78, 5) is 15.5. The molecule has 1 aliphatic carbocycles. The summed E-state index contributed by atoms with van der Waals surface area (Å²) in [7, 11) is 1.68. The summed E-state index contributed by atoms with van der Waals surface area (Å²) >= 11 is 0. The van der Waals surface area contributed by atoms with Gasteiger partial charge in [-0.15, -0.1) is 13.2 Å². The minimum atomic E-state index is -4.62. The van der Waals surface area contributed by atoms with Gasteiger partial charge in [-0.05, 0) is 67.2 Å². The zero-order valence-corrected chi connectivity index (χ0v) is 24.4. The molecule has 1 saturated carbocycles. The molecule has 1 aliphatic rings. The van der Waals surface area contributed by atoms with E-state index in [1.165, 1.54) is 74.6 Å². The van der Waals surface area contributed by atoms with E-state index >= 15 is 0 Å². The van der Waals surface area contributed by atoms with Gasteiger partial charge in [-0.2, -0.15) is 13.2 Å². The van der Waals surface area contributed by atoms with Gasteiger partial charge >= 0.3 is 12.5 Å². The molecular formula is C31H36F6N4O3. The second-order valence-electron chi connectivity index (χ2n) is 9.86. The monoisotopic (exact) mass is 626 g/mol. The number of nitrogens with one attached hydrogen (secondary N) is 2. The quantitative estimate of drug-likeness (QED) is 0.138. The van der Waals surface area contributed by atoms with Crippen LogP contribution < -0.4 is 25.8 Å². The molecule has 7 nitrogen and oxygen atoms in total. The fraction of sp³-hybridized carbons (Fsp3) is 0.355. The Balaban J connectivity index is 0.000000279. The fourth-order valence-corrected chi connectivity index (χ4v) is 4.00. The molecule has 0 heterocycles. The van der Waals surface area contributed by atoms with Gasteiger partial charge < -0.3 is 25.8 Å². The number of hydrogen-bond donors (Lipinski definition) is 3. The van der Waals surface area contributed by atoms with Crippen LogP contribution in [-0.4, -0.2) is 32.6 Å². The molecule has 0 bridgehead atoms. The van der Waals surface area contributed by atoms with E-state index in [1.54, 1.807) is 19.2 Å². The number of amides is 1. The molecule has 1 fully saturated rings. The van der Waals surface area contributed by atoms with Crippen molar-refractivity contribution in [2.75, 3.05) is 30.0 Å². The molecule has 3 aromatic rings. The average molecular weight is 627 g/mol. The first-order valence-electron chi connectivity index (χ1n) is 13.7. The molecule has 0 aliphatic heterocycles. The van der Waals surface area contributed by atoms with Crippen LogP contribution in [0.5, 0.6) is 11.5 Å². The molecule has 0 radical (unpaired) electrons. The number of hydrogen-bond acceptors (Lipinski definition) is 6. The van der Waals surface area contributed by atoms with E-state index in [1.807, 2.05) is 0 Å². The number of halogens is 6. The topological polar surface area (TPSA) is 98.0 Å². The highest BCUT2D eigenvalue weighted by atomic mass is 19.4. The Morgan fingerprint density at radius 3 is 2.09 bits per heavy atom. The van der Waals surface area contributed by atoms with Gasteiger partial charge in [0, 0.05) is 24.5 Å². The minimum absolute atomic E-state index is 0.0316. The van der Waals surface area contributed by atoms with Gasteiger partial charge in [0.1, 0.15) is 11.5 Å². The Hall–Kier alpha value is -4.42. The first-order chi connectivity index (χ1) is 20.7. The Kier molecular flexibility index (Phi) is 13.8. The lowest BCUT2D eigenvalue weighted by Crippen LogP contribution is -2.20. The van der Waals surface area contributed by atoms with Crippen molar-refractivity contribution in [3.05, 3.63) is 72.3 Å². The first kappa shape index (κ1) is 35.8. The van der Waals surface area contributed by atoms with E-state index in [4.69, 9.17) is 10.5 Å². The highest BCUT2D eigenvalue weighted by molar-refractivity contribution is 5.92. The Labute approximate surface area is 252 Å². The van der Waals surface area contributed by atoms with Crippen LogP contribution in [0.25, 0.3) is 0 Å². The number of carbonyl (C=O) groups excluding carboxylic acids is 1. The Morgan fingerprint density at radius 2 is 1.57 bits per heavy atom. The van der Waals surface area contributed by atoms with E-state index in [0.29, 0.717) is 17.1 Å². The van der Waals surface area contributed by atoms with Gasteiger partial charge in [0.2, 0.25) is 0 Å². The summed E-state index contributed by atoms with van der Waals surface area (Å²) in [5, 5.41) is 5.12. The van der Waals surface area contributed by atoms with Gasteiger partial charge in [0.05, 0.1) is 16.9 Å². The number of rotatable bonds is 7. The van der Waals surface area contributed by atoms with E-state index in [9.17, 15) is 31.1 Å². The van der Waals surface area contributed by atoms with Gasteiger partial charge in [-0.3, -0.25) is 9.79 Å². The third-order valence-corrected chi connectivity index (χ3v) is 6.29. The van der Waals surface area contributed by atoms with Crippen LogP contribution in [0, 0.1) is 5.92 Å². The molecule has 4 N–H and O–H groups in total. The smallest absolute Gasteiger partial charge is 0.484 e. The highest BCUT2D eigenvalue weighted by Crippen LogP contribution is 2.31. The second kappa shape index (κ2) is 17.0. The number of carbonyl (C=O) groups is 1. The normalized spacial score (nSPS) is 13.3. The lowest BCUT2D eigenvalue weighted by Gasteiger charge is -2.15. The molecule has 3 aromatic carbocycles. The van der Waals surface area contributed by atoms with Crippen molar-refractivity contribution >= 4 is 35.4 Å². The largest absolute Gasteiger partial charge is 0.573 e. The lowest BCUT2D eigenvalue weighted by molar-refractivity contribution is -0.274. The second-order valence-corrected chi connectivity index (χ2v) is 9.86. The van der Waals surface area contributed by atoms with Crippen molar-refractivity contribution in [1.29, 1.82) is 0 Å². The number of nitrogens with two attached hydrogens (primary N) is 1. The van der Waals surface area contributed by atoms with Crippen LogP contribution in [-0.2, 0) is 11.0 Å². The van der Waals surface area contributed by atoms with Crippen molar-refractivity contribution in [3.8, 4) is 11.5 Å². The van der Waals surface area contributed by atoms with Crippen molar-refractivity contribution in [2.45, 2.75) is 51.6 Å². The van der Waals surface area contributed by atoms with Crippen LogP contribution in [0.15, 0.2) is 71.7 Å². The SMILES string of the molecule is C=Nc1cc(OCC(=O)Nc2cccc(C(F)(F)F)c2)ccc1N.CC1CCCCC1.CNc1ccc(OC(F)(F)F)cc1. The summed E-state index contributed by atoms with van der Waals surface area (Å²) < 4.78 is 81.8. The van der Waals surface area contributed by atoms with Crippen LogP contribution in [0.3, 0.4) is 0 Å². The lowest BCUT2D eigenvalue weighted by atomic mass is 9.91. The van der Waals surface area contributed by atoms with E-state index in [2.05, 4.69) is 34.0 Å². The van der Waals surface area contributed by atoms with Crippen LogP contribution in [0.1, 0.15) is 44.6 Å². The molecule has 0 saturated heterocycles. The third kappa shape index (κ3) is 13.7. The summed E-state index contributed by atoms with van der Waals surface area (Å²) in [5.41, 5.74) is 6.38.